The number of benzene rings is 2. The van der Waals surface area contributed by atoms with E-state index in [1.54, 1.807) is 25.1 Å². The van der Waals surface area contributed by atoms with Gasteiger partial charge in [-0.3, -0.25) is 9.59 Å². The fourth-order valence-electron chi connectivity index (χ4n) is 3.45. The Bertz CT molecular complexity index is 852. The third-order valence-electron chi connectivity index (χ3n) is 5.20. The van der Waals surface area contributed by atoms with Crippen molar-refractivity contribution in [1.29, 1.82) is 0 Å². The normalized spacial score (nSPS) is 15.3. The summed E-state index contributed by atoms with van der Waals surface area (Å²) >= 11 is 0. The quantitative estimate of drug-likeness (QED) is 0.733. The maximum Gasteiger partial charge on any atom is 0.253 e. The minimum atomic E-state index is -0.0682. The monoisotopic (exact) mass is 395 g/mol. The number of nitrogens with zero attached hydrogens (tertiary/aromatic N) is 2. The number of hydrogen-bond acceptors (Lipinski definition) is 4. The van der Waals surface area contributed by atoms with Gasteiger partial charge in [0.2, 0.25) is 5.91 Å². The van der Waals surface area contributed by atoms with Gasteiger partial charge in [-0.05, 0) is 36.6 Å². The van der Waals surface area contributed by atoms with Crippen molar-refractivity contribution in [3.05, 3.63) is 59.7 Å². The van der Waals surface area contributed by atoms with Crippen LogP contribution in [0.3, 0.4) is 0 Å². The molecule has 0 spiro atoms. The predicted octanol–water partition coefficient (Wildman–Crippen LogP) is 2.72. The molecule has 0 fully saturated rings. The predicted molar refractivity (Wildman–Crippen MR) is 115 cm³/mol. The van der Waals surface area contributed by atoms with Crippen LogP contribution in [0.25, 0.3) is 0 Å². The van der Waals surface area contributed by atoms with Gasteiger partial charge in [-0.2, -0.15) is 0 Å². The first-order chi connectivity index (χ1) is 14.0. The van der Waals surface area contributed by atoms with E-state index >= 15 is 0 Å². The molecular weight excluding hydrogens is 366 g/mol. The van der Waals surface area contributed by atoms with Gasteiger partial charge in [-0.1, -0.05) is 30.3 Å². The molecule has 1 aliphatic heterocycles. The Kier molecular flexibility index (Phi) is 6.75. The largest absolute Gasteiger partial charge is 0.489 e. The average Bonchev–Trinajstić information content (AvgIpc) is 2.73. The molecule has 154 valence electrons. The zero-order chi connectivity index (χ0) is 20.8. The zero-order valence-electron chi connectivity index (χ0n) is 17.4. The lowest BCUT2D eigenvalue weighted by Crippen LogP contribution is -2.44. The molecule has 1 aliphatic rings. The molecule has 3 rings (SSSR count). The zero-order valence-corrected chi connectivity index (χ0v) is 17.4. The highest BCUT2D eigenvalue weighted by molar-refractivity contribution is 5.95. The van der Waals surface area contributed by atoms with Crippen molar-refractivity contribution in [3.8, 4) is 5.75 Å². The summed E-state index contributed by atoms with van der Waals surface area (Å²) < 4.78 is 5.84. The molecule has 1 heterocycles. The standard InChI is InChI=1S/C23H29N3O3/c1-25(2)23(28)18-11-12-21-20(14-18)26(3)19(16-29-21)15-22(27)24-13-7-10-17-8-5-4-6-9-17/h4-6,8-9,11-12,14,19H,7,10,13,15-16H2,1-3H3,(H,24,27)/t19-/m1/s1. The maximum atomic E-state index is 12.4. The van der Waals surface area contributed by atoms with E-state index in [1.807, 2.05) is 42.3 Å². The summed E-state index contributed by atoms with van der Waals surface area (Å²) in [5, 5.41) is 3.01. The highest BCUT2D eigenvalue weighted by atomic mass is 16.5. The lowest BCUT2D eigenvalue weighted by molar-refractivity contribution is -0.121. The molecule has 0 unspecified atom stereocenters. The summed E-state index contributed by atoms with van der Waals surface area (Å²) in [5.41, 5.74) is 2.72. The van der Waals surface area contributed by atoms with E-state index in [9.17, 15) is 9.59 Å². The van der Waals surface area contributed by atoms with Crippen LogP contribution in [-0.2, 0) is 11.2 Å². The van der Waals surface area contributed by atoms with Crippen molar-refractivity contribution >= 4 is 17.5 Å². The Hall–Kier alpha value is -3.02. The van der Waals surface area contributed by atoms with Crippen LogP contribution in [0.4, 0.5) is 5.69 Å². The van der Waals surface area contributed by atoms with Crippen molar-refractivity contribution < 1.29 is 14.3 Å². The van der Waals surface area contributed by atoms with Gasteiger partial charge in [0.1, 0.15) is 12.4 Å². The molecule has 2 aromatic carbocycles. The highest BCUT2D eigenvalue weighted by Gasteiger charge is 2.27. The van der Waals surface area contributed by atoms with E-state index in [4.69, 9.17) is 4.74 Å². The summed E-state index contributed by atoms with van der Waals surface area (Å²) in [6.45, 7) is 1.10. The van der Waals surface area contributed by atoms with Crippen molar-refractivity contribution in [2.24, 2.45) is 0 Å². The Labute approximate surface area is 172 Å². The number of amides is 2. The molecule has 0 saturated carbocycles. The minimum Gasteiger partial charge on any atom is -0.489 e. The van der Waals surface area contributed by atoms with E-state index in [-0.39, 0.29) is 17.9 Å². The molecule has 29 heavy (non-hydrogen) atoms. The van der Waals surface area contributed by atoms with Gasteiger partial charge in [0.25, 0.3) is 5.91 Å². The third-order valence-corrected chi connectivity index (χ3v) is 5.20. The maximum absolute atomic E-state index is 12.4. The summed E-state index contributed by atoms with van der Waals surface area (Å²) in [6.07, 6.45) is 2.21. The third kappa shape index (κ3) is 5.28. The summed E-state index contributed by atoms with van der Waals surface area (Å²) in [7, 11) is 5.40. The molecule has 0 aromatic heterocycles. The van der Waals surface area contributed by atoms with E-state index in [0.717, 1.165) is 24.3 Å². The van der Waals surface area contributed by atoms with Gasteiger partial charge >= 0.3 is 0 Å². The first-order valence-electron chi connectivity index (χ1n) is 9.97. The number of likely N-dealkylation sites (N-methyl/N-ethyl adjacent to an activating group) is 1. The molecule has 0 bridgehead atoms. The second kappa shape index (κ2) is 9.45. The molecule has 0 radical (unpaired) electrons. The summed E-state index contributed by atoms with van der Waals surface area (Å²) in [4.78, 5) is 28.2. The van der Waals surface area contributed by atoms with E-state index in [0.29, 0.717) is 25.1 Å². The average molecular weight is 396 g/mol. The number of carbonyl (C=O) groups is 2. The second-order valence-electron chi connectivity index (χ2n) is 7.60. The molecule has 0 saturated heterocycles. The van der Waals surface area contributed by atoms with Crippen molar-refractivity contribution in [2.45, 2.75) is 25.3 Å². The van der Waals surface area contributed by atoms with Gasteiger partial charge in [0, 0.05) is 33.3 Å². The fourth-order valence-corrected chi connectivity index (χ4v) is 3.45. The number of anilines is 1. The van der Waals surface area contributed by atoms with Gasteiger partial charge in [0.05, 0.1) is 18.2 Å². The number of rotatable bonds is 7. The molecule has 1 N–H and O–H groups in total. The lowest BCUT2D eigenvalue weighted by Gasteiger charge is -2.35. The van der Waals surface area contributed by atoms with E-state index in [2.05, 4.69) is 17.4 Å². The second-order valence-corrected chi connectivity index (χ2v) is 7.60. The Balaban J connectivity index is 1.52. The fraction of sp³-hybridized carbons (Fsp3) is 0.391. The summed E-state index contributed by atoms with van der Waals surface area (Å²) in [5.74, 6) is 0.698. The number of fused-ring (bicyclic) bond motifs is 1. The van der Waals surface area contributed by atoms with Crippen LogP contribution in [0, 0.1) is 0 Å². The SMILES string of the molecule is CN(C)C(=O)c1ccc2c(c1)N(C)[C@H](CC(=O)NCCCc1ccccc1)CO2. The van der Waals surface area contributed by atoms with E-state index < -0.39 is 0 Å². The number of carbonyl (C=O) groups excluding carboxylic acids is 2. The number of ether oxygens (including phenoxy) is 1. The first kappa shape index (κ1) is 20.7. The molecule has 6 heteroatoms. The van der Waals surface area contributed by atoms with Crippen LogP contribution in [0.1, 0.15) is 28.8 Å². The number of nitrogens with one attached hydrogen (secondary N) is 1. The Morgan fingerprint density at radius 1 is 1.17 bits per heavy atom. The van der Waals surface area contributed by atoms with Gasteiger partial charge in [-0.25, -0.2) is 0 Å². The van der Waals surface area contributed by atoms with Crippen LogP contribution in [-0.4, -0.2) is 57.1 Å². The smallest absolute Gasteiger partial charge is 0.253 e. The van der Waals surface area contributed by atoms with Crippen molar-refractivity contribution in [1.82, 2.24) is 10.2 Å². The number of hydrogen-bond donors (Lipinski definition) is 1. The topological polar surface area (TPSA) is 61.9 Å². The molecule has 2 aromatic rings. The Morgan fingerprint density at radius 2 is 1.93 bits per heavy atom. The van der Waals surface area contributed by atoms with Crippen molar-refractivity contribution in [2.75, 3.05) is 39.2 Å². The molecule has 1 atom stereocenters. The number of aryl methyl sites for hydroxylation is 1. The minimum absolute atomic E-state index is 0.0162. The first-order valence-corrected chi connectivity index (χ1v) is 9.97. The highest BCUT2D eigenvalue weighted by Crippen LogP contribution is 2.34. The molecule has 0 aliphatic carbocycles. The summed E-state index contributed by atoms with van der Waals surface area (Å²) in [6, 6.07) is 15.6. The molecular formula is C23H29N3O3. The van der Waals surface area contributed by atoms with E-state index in [1.165, 1.54) is 5.56 Å². The lowest BCUT2D eigenvalue weighted by atomic mass is 10.1. The van der Waals surface area contributed by atoms with Crippen LogP contribution >= 0.6 is 0 Å². The van der Waals surface area contributed by atoms with Gasteiger partial charge in [-0.15, -0.1) is 0 Å². The molecule has 6 nitrogen and oxygen atoms in total. The van der Waals surface area contributed by atoms with Crippen LogP contribution in [0.2, 0.25) is 0 Å². The van der Waals surface area contributed by atoms with Crippen LogP contribution < -0.4 is 15.0 Å². The Morgan fingerprint density at radius 3 is 2.66 bits per heavy atom. The molecule has 2 amide bonds. The van der Waals surface area contributed by atoms with Crippen LogP contribution in [0.15, 0.2) is 48.5 Å². The van der Waals surface area contributed by atoms with Crippen LogP contribution in [0.5, 0.6) is 5.75 Å². The van der Waals surface area contributed by atoms with Gasteiger partial charge in [0.15, 0.2) is 0 Å². The van der Waals surface area contributed by atoms with Gasteiger partial charge < -0.3 is 19.9 Å². The van der Waals surface area contributed by atoms with Crippen molar-refractivity contribution in [3.63, 3.8) is 0 Å².